The van der Waals surface area contributed by atoms with Crippen molar-refractivity contribution in [2.45, 2.75) is 11.8 Å². The van der Waals surface area contributed by atoms with Gasteiger partial charge in [0.25, 0.3) is 0 Å². The molecule has 1 atom stereocenters. The van der Waals surface area contributed by atoms with E-state index in [1.165, 1.54) is 5.56 Å². The van der Waals surface area contributed by atoms with Crippen molar-refractivity contribution in [3.63, 3.8) is 0 Å². The lowest BCUT2D eigenvalue weighted by molar-refractivity contribution is 0.414. The van der Waals surface area contributed by atoms with E-state index in [0.29, 0.717) is 0 Å². The standard InChI is InChI=1S/C12H12ClNOS/c1-15-10-4-2-9(3-5-10)6-11(13)12-7-14-8-16-12/h2-5,7-8,11H,6H2,1H3. The molecular formula is C12H12ClNOS. The molecule has 0 spiro atoms. The summed E-state index contributed by atoms with van der Waals surface area (Å²) in [4.78, 5) is 5.14. The highest BCUT2D eigenvalue weighted by Crippen LogP contribution is 2.28. The van der Waals surface area contributed by atoms with Crippen LogP contribution in [0.4, 0.5) is 0 Å². The average molecular weight is 254 g/mol. The van der Waals surface area contributed by atoms with Crippen molar-refractivity contribution in [1.82, 2.24) is 4.98 Å². The molecule has 0 aliphatic carbocycles. The number of nitrogens with zero attached hydrogens (tertiary/aromatic N) is 1. The van der Waals surface area contributed by atoms with Gasteiger partial charge in [-0.3, -0.25) is 4.98 Å². The Hall–Kier alpha value is -1.06. The fourth-order valence-corrected chi connectivity index (χ4v) is 2.43. The van der Waals surface area contributed by atoms with E-state index in [2.05, 4.69) is 4.98 Å². The Balaban J connectivity index is 2.03. The second kappa shape index (κ2) is 5.32. The second-order valence-electron chi connectivity index (χ2n) is 3.42. The molecule has 2 aromatic rings. The van der Waals surface area contributed by atoms with Crippen LogP contribution in [0.2, 0.25) is 0 Å². The first-order chi connectivity index (χ1) is 7.79. The van der Waals surface area contributed by atoms with Crippen molar-refractivity contribution in [1.29, 1.82) is 0 Å². The molecule has 16 heavy (non-hydrogen) atoms. The van der Waals surface area contributed by atoms with Gasteiger partial charge in [0.05, 0.1) is 18.0 Å². The summed E-state index contributed by atoms with van der Waals surface area (Å²) < 4.78 is 5.11. The highest BCUT2D eigenvalue weighted by atomic mass is 35.5. The van der Waals surface area contributed by atoms with Crippen LogP contribution in [0.15, 0.2) is 36.0 Å². The minimum Gasteiger partial charge on any atom is -0.497 e. The van der Waals surface area contributed by atoms with E-state index < -0.39 is 0 Å². The third kappa shape index (κ3) is 2.74. The Bertz CT molecular complexity index is 427. The van der Waals surface area contributed by atoms with Crippen molar-refractivity contribution >= 4 is 22.9 Å². The summed E-state index contributed by atoms with van der Waals surface area (Å²) >= 11 is 7.89. The molecule has 0 saturated heterocycles. The fraction of sp³-hybridized carbons (Fsp3) is 0.250. The van der Waals surface area contributed by atoms with Gasteiger partial charge >= 0.3 is 0 Å². The Kier molecular flexibility index (Phi) is 3.80. The normalized spacial score (nSPS) is 12.4. The van der Waals surface area contributed by atoms with Crippen LogP contribution in [-0.4, -0.2) is 12.1 Å². The molecule has 0 aliphatic rings. The molecule has 0 fully saturated rings. The molecule has 0 radical (unpaired) electrons. The smallest absolute Gasteiger partial charge is 0.118 e. The van der Waals surface area contributed by atoms with Gasteiger partial charge in [0.2, 0.25) is 0 Å². The second-order valence-corrected chi connectivity index (χ2v) is 4.87. The van der Waals surface area contributed by atoms with Gasteiger partial charge in [0.1, 0.15) is 5.75 Å². The molecule has 0 aliphatic heterocycles. The van der Waals surface area contributed by atoms with Gasteiger partial charge in [0.15, 0.2) is 0 Å². The van der Waals surface area contributed by atoms with Gasteiger partial charge < -0.3 is 4.74 Å². The maximum Gasteiger partial charge on any atom is 0.118 e. The number of benzene rings is 1. The number of methoxy groups -OCH3 is 1. The van der Waals surface area contributed by atoms with Gasteiger partial charge in [0, 0.05) is 11.1 Å². The van der Waals surface area contributed by atoms with Crippen molar-refractivity contribution in [3.8, 4) is 5.75 Å². The lowest BCUT2D eigenvalue weighted by Gasteiger charge is -2.07. The predicted octanol–water partition coefficient (Wildman–Crippen LogP) is 3.67. The number of thiazole rings is 1. The molecule has 2 rings (SSSR count). The SMILES string of the molecule is COc1ccc(CC(Cl)c2cncs2)cc1. The van der Waals surface area contributed by atoms with E-state index in [0.717, 1.165) is 17.0 Å². The van der Waals surface area contributed by atoms with Crippen LogP contribution in [0, 0.1) is 0 Å². The first kappa shape index (κ1) is 11.4. The molecular weight excluding hydrogens is 242 g/mol. The van der Waals surface area contributed by atoms with E-state index in [1.807, 2.05) is 30.5 Å². The molecule has 1 aromatic carbocycles. The third-order valence-corrected chi connectivity index (χ3v) is 3.74. The molecule has 4 heteroatoms. The topological polar surface area (TPSA) is 22.1 Å². The first-order valence-electron chi connectivity index (χ1n) is 4.95. The van der Waals surface area contributed by atoms with E-state index in [1.54, 1.807) is 24.0 Å². The Labute approximate surface area is 104 Å². The lowest BCUT2D eigenvalue weighted by atomic mass is 10.1. The lowest BCUT2D eigenvalue weighted by Crippen LogP contribution is -1.93. The van der Waals surface area contributed by atoms with Crippen LogP contribution in [0.3, 0.4) is 0 Å². The predicted molar refractivity (Wildman–Crippen MR) is 67.4 cm³/mol. The number of rotatable bonds is 4. The van der Waals surface area contributed by atoms with Crippen molar-refractivity contribution in [2.24, 2.45) is 0 Å². The number of ether oxygens (including phenoxy) is 1. The van der Waals surface area contributed by atoms with Gasteiger partial charge in [-0.05, 0) is 24.1 Å². The van der Waals surface area contributed by atoms with Gasteiger partial charge in [-0.2, -0.15) is 0 Å². The average Bonchev–Trinajstić information content (AvgIpc) is 2.83. The molecule has 1 aromatic heterocycles. The number of alkyl halides is 1. The Morgan fingerprint density at radius 2 is 2.12 bits per heavy atom. The highest BCUT2D eigenvalue weighted by molar-refractivity contribution is 7.09. The summed E-state index contributed by atoms with van der Waals surface area (Å²) in [5.74, 6) is 0.868. The maximum atomic E-state index is 6.29. The molecule has 0 saturated carbocycles. The van der Waals surface area contributed by atoms with Crippen LogP contribution in [0.25, 0.3) is 0 Å². The monoisotopic (exact) mass is 253 g/mol. The fourth-order valence-electron chi connectivity index (χ4n) is 1.45. The summed E-state index contributed by atoms with van der Waals surface area (Å²) in [7, 11) is 1.66. The Morgan fingerprint density at radius 1 is 1.38 bits per heavy atom. The zero-order valence-corrected chi connectivity index (χ0v) is 10.5. The summed E-state index contributed by atoms with van der Waals surface area (Å²) in [5.41, 5.74) is 3.01. The van der Waals surface area contributed by atoms with Crippen LogP contribution in [0.5, 0.6) is 5.75 Å². The minimum absolute atomic E-state index is 0.000829. The van der Waals surface area contributed by atoms with Crippen LogP contribution < -0.4 is 4.74 Å². The molecule has 84 valence electrons. The number of aromatic nitrogens is 1. The van der Waals surface area contributed by atoms with Crippen LogP contribution in [0.1, 0.15) is 15.8 Å². The summed E-state index contributed by atoms with van der Waals surface area (Å²) in [6.07, 6.45) is 2.64. The summed E-state index contributed by atoms with van der Waals surface area (Å²) in [5, 5.41) is 0.000829. The number of hydrogen-bond acceptors (Lipinski definition) is 3. The number of hydrogen-bond donors (Lipinski definition) is 0. The molecule has 0 N–H and O–H groups in total. The molecule has 0 amide bonds. The maximum absolute atomic E-state index is 6.29. The third-order valence-electron chi connectivity index (χ3n) is 2.33. The van der Waals surface area contributed by atoms with E-state index in [9.17, 15) is 0 Å². The molecule has 1 unspecified atom stereocenters. The molecule has 1 heterocycles. The minimum atomic E-state index is 0.000829. The van der Waals surface area contributed by atoms with Crippen molar-refractivity contribution < 1.29 is 4.74 Å². The van der Waals surface area contributed by atoms with Crippen molar-refractivity contribution in [2.75, 3.05) is 7.11 Å². The molecule has 2 nitrogen and oxygen atoms in total. The van der Waals surface area contributed by atoms with E-state index in [4.69, 9.17) is 16.3 Å². The van der Waals surface area contributed by atoms with E-state index in [-0.39, 0.29) is 5.38 Å². The van der Waals surface area contributed by atoms with Gasteiger partial charge in [-0.25, -0.2) is 0 Å². The zero-order valence-electron chi connectivity index (χ0n) is 8.89. The highest BCUT2D eigenvalue weighted by Gasteiger charge is 2.10. The van der Waals surface area contributed by atoms with Gasteiger partial charge in [-0.1, -0.05) is 12.1 Å². The summed E-state index contributed by atoms with van der Waals surface area (Å²) in [6, 6.07) is 7.97. The van der Waals surface area contributed by atoms with Gasteiger partial charge in [-0.15, -0.1) is 22.9 Å². The number of halogens is 1. The molecule has 0 bridgehead atoms. The zero-order chi connectivity index (χ0) is 11.4. The largest absolute Gasteiger partial charge is 0.497 e. The van der Waals surface area contributed by atoms with Crippen molar-refractivity contribution in [3.05, 3.63) is 46.4 Å². The first-order valence-corrected chi connectivity index (χ1v) is 6.26. The summed E-state index contributed by atoms with van der Waals surface area (Å²) in [6.45, 7) is 0. The quantitative estimate of drug-likeness (QED) is 0.776. The van der Waals surface area contributed by atoms with E-state index >= 15 is 0 Å². The van der Waals surface area contributed by atoms with Crippen LogP contribution in [-0.2, 0) is 6.42 Å². The Morgan fingerprint density at radius 3 is 2.69 bits per heavy atom. The van der Waals surface area contributed by atoms with Crippen LogP contribution >= 0.6 is 22.9 Å².